The summed E-state index contributed by atoms with van der Waals surface area (Å²) < 4.78 is 15.9. The molecule has 2 amide bonds. The second kappa shape index (κ2) is 8.79. The van der Waals surface area contributed by atoms with Gasteiger partial charge in [-0.3, -0.25) is 9.80 Å². The SMILES string of the molecule is COC(=O)c1ccc(N2CCN(c3ccc(Oc4ccccc4)cc3)C2=O)cc1OC. The van der Waals surface area contributed by atoms with E-state index < -0.39 is 5.97 Å². The maximum atomic E-state index is 13.0. The Kier molecular flexibility index (Phi) is 5.75. The Hall–Kier alpha value is -4.00. The van der Waals surface area contributed by atoms with Crippen LogP contribution in [0.2, 0.25) is 0 Å². The highest BCUT2D eigenvalue weighted by atomic mass is 16.5. The van der Waals surface area contributed by atoms with Crippen LogP contribution in [-0.2, 0) is 4.74 Å². The van der Waals surface area contributed by atoms with Gasteiger partial charge in [0.25, 0.3) is 0 Å². The molecule has 1 heterocycles. The summed E-state index contributed by atoms with van der Waals surface area (Å²) in [6.45, 7) is 1.06. The molecule has 7 nitrogen and oxygen atoms in total. The number of hydrogen-bond donors (Lipinski definition) is 0. The van der Waals surface area contributed by atoms with Crippen molar-refractivity contribution in [3.8, 4) is 17.2 Å². The number of benzene rings is 3. The molecule has 158 valence electrons. The van der Waals surface area contributed by atoms with Crippen LogP contribution in [0.3, 0.4) is 0 Å². The van der Waals surface area contributed by atoms with E-state index in [1.807, 2.05) is 54.6 Å². The van der Waals surface area contributed by atoms with Gasteiger partial charge in [-0.05, 0) is 48.5 Å². The van der Waals surface area contributed by atoms with Crippen LogP contribution in [0.5, 0.6) is 17.2 Å². The van der Waals surface area contributed by atoms with Crippen LogP contribution in [0.1, 0.15) is 10.4 Å². The lowest BCUT2D eigenvalue weighted by atomic mass is 10.1. The first-order valence-corrected chi connectivity index (χ1v) is 9.79. The zero-order chi connectivity index (χ0) is 21.8. The molecule has 1 aliphatic rings. The molecule has 3 aromatic rings. The van der Waals surface area contributed by atoms with E-state index in [1.165, 1.54) is 14.2 Å². The quantitative estimate of drug-likeness (QED) is 0.542. The van der Waals surface area contributed by atoms with Gasteiger partial charge in [-0.2, -0.15) is 0 Å². The van der Waals surface area contributed by atoms with E-state index in [0.717, 1.165) is 11.4 Å². The smallest absolute Gasteiger partial charge is 0.341 e. The number of para-hydroxylation sites is 1. The van der Waals surface area contributed by atoms with Gasteiger partial charge < -0.3 is 14.2 Å². The predicted molar refractivity (Wildman–Crippen MR) is 117 cm³/mol. The number of urea groups is 1. The van der Waals surface area contributed by atoms with Gasteiger partial charge in [-0.1, -0.05) is 18.2 Å². The standard InChI is InChI=1S/C24H22N2O5/c1-29-22-16-18(10-13-21(22)23(27)30-2)26-15-14-25(24(26)28)17-8-11-20(12-9-17)31-19-6-4-3-5-7-19/h3-13,16H,14-15H2,1-2H3. The third-order valence-electron chi connectivity index (χ3n) is 5.04. The largest absolute Gasteiger partial charge is 0.496 e. The Morgan fingerprint density at radius 2 is 1.42 bits per heavy atom. The Balaban J connectivity index is 1.49. The number of ether oxygens (including phenoxy) is 3. The molecule has 3 aromatic carbocycles. The topological polar surface area (TPSA) is 68.3 Å². The molecule has 0 bridgehead atoms. The third-order valence-corrected chi connectivity index (χ3v) is 5.04. The number of carbonyl (C=O) groups is 2. The zero-order valence-corrected chi connectivity index (χ0v) is 17.3. The minimum absolute atomic E-state index is 0.149. The average molecular weight is 418 g/mol. The Morgan fingerprint density at radius 1 is 0.806 bits per heavy atom. The highest BCUT2D eigenvalue weighted by Crippen LogP contribution is 2.31. The van der Waals surface area contributed by atoms with E-state index in [0.29, 0.717) is 35.8 Å². The fraction of sp³-hybridized carbons (Fsp3) is 0.167. The van der Waals surface area contributed by atoms with Gasteiger partial charge in [-0.15, -0.1) is 0 Å². The van der Waals surface area contributed by atoms with Crippen molar-refractivity contribution >= 4 is 23.4 Å². The maximum absolute atomic E-state index is 13.0. The molecular formula is C24H22N2O5. The summed E-state index contributed by atoms with van der Waals surface area (Å²) in [5, 5.41) is 0. The van der Waals surface area contributed by atoms with Crippen LogP contribution in [-0.4, -0.2) is 39.3 Å². The highest BCUT2D eigenvalue weighted by molar-refractivity contribution is 6.06. The van der Waals surface area contributed by atoms with Crippen molar-refractivity contribution in [2.24, 2.45) is 0 Å². The second-order valence-electron chi connectivity index (χ2n) is 6.87. The third kappa shape index (κ3) is 4.16. The zero-order valence-electron chi connectivity index (χ0n) is 17.3. The Morgan fingerprint density at radius 3 is 2.06 bits per heavy atom. The number of methoxy groups -OCH3 is 2. The van der Waals surface area contributed by atoms with Gasteiger partial charge >= 0.3 is 12.0 Å². The molecule has 0 unspecified atom stereocenters. The van der Waals surface area contributed by atoms with Gasteiger partial charge in [0.05, 0.1) is 14.2 Å². The molecule has 1 aliphatic heterocycles. The van der Waals surface area contributed by atoms with Crippen LogP contribution >= 0.6 is 0 Å². The minimum atomic E-state index is -0.490. The van der Waals surface area contributed by atoms with Crippen LogP contribution < -0.4 is 19.3 Å². The lowest BCUT2D eigenvalue weighted by molar-refractivity contribution is 0.0597. The number of amides is 2. The Bertz CT molecular complexity index is 1080. The second-order valence-corrected chi connectivity index (χ2v) is 6.87. The van der Waals surface area contributed by atoms with Crippen molar-refractivity contribution in [2.75, 3.05) is 37.1 Å². The number of carbonyl (C=O) groups excluding carboxylic acids is 2. The summed E-state index contributed by atoms with van der Waals surface area (Å²) in [6.07, 6.45) is 0. The van der Waals surface area contributed by atoms with E-state index >= 15 is 0 Å². The summed E-state index contributed by atoms with van der Waals surface area (Å²) in [5.41, 5.74) is 1.75. The molecule has 0 N–H and O–H groups in total. The summed E-state index contributed by atoms with van der Waals surface area (Å²) >= 11 is 0. The molecule has 0 aromatic heterocycles. The molecule has 0 aliphatic carbocycles. The van der Waals surface area contributed by atoms with Crippen molar-refractivity contribution in [2.45, 2.75) is 0 Å². The number of hydrogen-bond acceptors (Lipinski definition) is 5. The van der Waals surface area contributed by atoms with E-state index in [2.05, 4.69) is 0 Å². The molecule has 0 spiro atoms. The van der Waals surface area contributed by atoms with Gasteiger partial charge in [0.15, 0.2) is 0 Å². The predicted octanol–water partition coefficient (Wildman–Crippen LogP) is 4.72. The minimum Gasteiger partial charge on any atom is -0.496 e. The first-order valence-electron chi connectivity index (χ1n) is 9.79. The van der Waals surface area contributed by atoms with Crippen molar-refractivity contribution in [3.05, 3.63) is 78.4 Å². The van der Waals surface area contributed by atoms with Gasteiger partial charge in [0.2, 0.25) is 0 Å². The fourth-order valence-electron chi connectivity index (χ4n) is 3.46. The first-order chi connectivity index (χ1) is 15.1. The average Bonchev–Trinajstić information content (AvgIpc) is 3.20. The van der Waals surface area contributed by atoms with Crippen molar-refractivity contribution in [1.29, 1.82) is 0 Å². The molecule has 1 saturated heterocycles. The highest BCUT2D eigenvalue weighted by Gasteiger charge is 2.31. The van der Waals surface area contributed by atoms with Crippen LogP contribution in [0.15, 0.2) is 72.8 Å². The summed E-state index contributed by atoms with van der Waals surface area (Å²) in [6, 6.07) is 21.8. The molecule has 0 atom stereocenters. The van der Waals surface area contributed by atoms with Crippen LogP contribution in [0, 0.1) is 0 Å². The normalized spacial score (nSPS) is 13.3. The van der Waals surface area contributed by atoms with E-state index in [4.69, 9.17) is 14.2 Å². The number of esters is 1. The molecule has 0 radical (unpaired) electrons. The number of rotatable bonds is 6. The van der Waals surface area contributed by atoms with Crippen molar-refractivity contribution in [3.63, 3.8) is 0 Å². The van der Waals surface area contributed by atoms with E-state index in [9.17, 15) is 9.59 Å². The molecule has 31 heavy (non-hydrogen) atoms. The first kappa shape index (κ1) is 20.3. The van der Waals surface area contributed by atoms with Crippen molar-refractivity contribution < 1.29 is 23.8 Å². The van der Waals surface area contributed by atoms with E-state index in [-0.39, 0.29) is 6.03 Å². The summed E-state index contributed by atoms with van der Waals surface area (Å²) in [5.74, 6) is 1.32. The molecule has 4 rings (SSSR count). The number of nitrogens with zero attached hydrogens (tertiary/aromatic N) is 2. The maximum Gasteiger partial charge on any atom is 0.341 e. The van der Waals surface area contributed by atoms with Gasteiger partial charge in [-0.25, -0.2) is 9.59 Å². The summed E-state index contributed by atoms with van der Waals surface area (Å²) in [7, 11) is 2.79. The van der Waals surface area contributed by atoms with Gasteiger partial charge in [0.1, 0.15) is 22.8 Å². The van der Waals surface area contributed by atoms with Crippen molar-refractivity contribution in [1.82, 2.24) is 0 Å². The van der Waals surface area contributed by atoms with Crippen LogP contribution in [0.25, 0.3) is 0 Å². The number of anilines is 2. The fourth-order valence-corrected chi connectivity index (χ4v) is 3.46. The molecular weight excluding hydrogens is 396 g/mol. The summed E-state index contributed by atoms with van der Waals surface area (Å²) in [4.78, 5) is 28.3. The van der Waals surface area contributed by atoms with Gasteiger partial charge in [0, 0.05) is 30.5 Å². The van der Waals surface area contributed by atoms with E-state index in [1.54, 1.807) is 28.0 Å². The lowest BCUT2D eigenvalue weighted by Gasteiger charge is -2.20. The Labute approximate surface area is 180 Å². The van der Waals surface area contributed by atoms with Crippen LogP contribution in [0.4, 0.5) is 16.2 Å². The molecule has 0 saturated carbocycles. The monoisotopic (exact) mass is 418 g/mol. The molecule has 7 heteroatoms. The molecule has 1 fully saturated rings. The lowest BCUT2D eigenvalue weighted by Crippen LogP contribution is -2.31.